The summed E-state index contributed by atoms with van der Waals surface area (Å²) in [6.45, 7) is 6.42. The summed E-state index contributed by atoms with van der Waals surface area (Å²) in [5.74, 6) is 0.101. The second-order valence-corrected chi connectivity index (χ2v) is 6.20. The third-order valence-electron chi connectivity index (χ3n) is 2.82. The van der Waals surface area contributed by atoms with Crippen molar-refractivity contribution < 1.29 is 14.6 Å². The van der Waals surface area contributed by atoms with Crippen molar-refractivity contribution in [1.82, 2.24) is 4.98 Å². The number of carboxylic acids is 1. The molecule has 0 unspecified atom stereocenters. The highest BCUT2D eigenvalue weighted by atomic mass is 32.1. The monoisotopic (exact) mass is 306 g/mol. The molecule has 0 spiro atoms. The van der Waals surface area contributed by atoms with Crippen molar-refractivity contribution in [1.29, 1.82) is 0 Å². The summed E-state index contributed by atoms with van der Waals surface area (Å²) >= 11 is 1.15. The second-order valence-electron chi connectivity index (χ2n) is 5.20. The molecule has 0 aliphatic rings. The van der Waals surface area contributed by atoms with E-state index in [1.165, 1.54) is 0 Å². The first-order valence-electron chi connectivity index (χ1n) is 6.62. The fourth-order valence-corrected chi connectivity index (χ4v) is 2.69. The highest BCUT2D eigenvalue weighted by molar-refractivity contribution is 7.17. The van der Waals surface area contributed by atoms with Crippen molar-refractivity contribution in [3.8, 4) is 16.3 Å². The van der Waals surface area contributed by atoms with Crippen LogP contribution in [0.15, 0.2) is 18.2 Å². The molecule has 0 radical (unpaired) electrons. The van der Waals surface area contributed by atoms with E-state index >= 15 is 0 Å². The molecule has 5 nitrogen and oxygen atoms in total. The first-order valence-corrected chi connectivity index (χ1v) is 7.43. The van der Waals surface area contributed by atoms with Crippen LogP contribution in [0.4, 0.5) is 5.69 Å². The van der Waals surface area contributed by atoms with Gasteiger partial charge in [0.2, 0.25) is 0 Å². The Morgan fingerprint density at radius 1 is 1.48 bits per heavy atom. The van der Waals surface area contributed by atoms with Gasteiger partial charge in [-0.2, -0.15) is 0 Å². The Morgan fingerprint density at radius 3 is 2.71 bits per heavy atom. The van der Waals surface area contributed by atoms with Crippen LogP contribution in [0, 0.1) is 12.8 Å². The first kappa shape index (κ1) is 15.3. The first-order chi connectivity index (χ1) is 9.88. The summed E-state index contributed by atoms with van der Waals surface area (Å²) in [4.78, 5) is 15.6. The van der Waals surface area contributed by atoms with Crippen LogP contribution >= 0.6 is 11.3 Å². The number of nitrogens with two attached hydrogens (primary N) is 1. The molecule has 3 N–H and O–H groups in total. The molecule has 1 aromatic carbocycles. The molecule has 0 saturated heterocycles. The number of thiazole rings is 1. The molecule has 0 saturated carbocycles. The van der Waals surface area contributed by atoms with Gasteiger partial charge in [-0.1, -0.05) is 13.8 Å². The van der Waals surface area contributed by atoms with Crippen LogP contribution in [-0.2, 0) is 0 Å². The summed E-state index contributed by atoms with van der Waals surface area (Å²) in [6, 6.07) is 5.40. The number of benzene rings is 1. The van der Waals surface area contributed by atoms with Gasteiger partial charge in [0.1, 0.15) is 15.6 Å². The van der Waals surface area contributed by atoms with E-state index in [4.69, 9.17) is 15.6 Å². The summed E-state index contributed by atoms with van der Waals surface area (Å²) in [7, 11) is 0. The highest BCUT2D eigenvalue weighted by Gasteiger charge is 2.15. The molecule has 2 aromatic rings. The number of hydrogen-bond donors (Lipinski definition) is 2. The molecule has 0 fully saturated rings. The Labute approximate surface area is 127 Å². The Hall–Kier alpha value is -2.08. The third kappa shape index (κ3) is 3.52. The minimum Gasteiger partial charge on any atom is -0.491 e. The van der Waals surface area contributed by atoms with E-state index in [0.29, 0.717) is 34.7 Å². The molecule has 112 valence electrons. The number of aromatic carboxylic acids is 1. The minimum atomic E-state index is -0.957. The normalized spacial score (nSPS) is 10.9. The van der Waals surface area contributed by atoms with Gasteiger partial charge in [-0.05, 0) is 31.0 Å². The number of aryl methyl sites for hydroxylation is 1. The van der Waals surface area contributed by atoms with Crippen LogP contribution in [0.5, 0.6) is 5.75 Å². The second kappa shape index (κ2) is 6.13. The van der Waals surface area contributed by atoms with Crippen molar-refractivity contribution >= 4 is 23.0 Å². The lowest BCUT2D eigenvalue weighted by molar-refractivity contribution is 0.0701. The molecule has 0 aliphatic carbocycles. The van der Waals surface area contributed by atoms with Gasteiger partial charge in [0, 0.05) is 5.56 Å². The van der Waals surface area contributed by atoms with E-state index in [-0.39, 0.29) is 4.88 Å². The quantitative estimate of drug-likeness (QED) is 0.827. The summed E-state index contributed by atoms with van der Waals surface area (Å²) < 4.78 is 5.62. The van der Waals surface area contributed by atoms with Gasteiger partial charge in [-0.15, -0.1) is 11.3 Å². The van der Waals surface area contributed by atoms with Crippen LogP contribution in [0.2, 0.25) is 0 Å². The molecule has 1 aromatic heterocycles. The van der Waals surface area contributed by atoms with E-state index in [9.17, 15) is 4.79 Å². The van der Waals surface area contributed by atoms with Crippen molar-refractivity contribution in [2.24, 2.45) is 5.92 Å². The summed E-state index contributed by atoms with van der Waals surface area (Å²) in [5, 5.41) is 9.72. The zero-order chi connectivity index (χ0) is 15.6. The lowest BCUT2D eigenvalue weighted by Crippen LogP contribution is -2.06. The summed E-state index contributed by atoms with van der Waals surface area (Å²) in [6.07, 6.45) is 0. The molecule has 0 bridgehead atoms. The Balaban J connectivity index is 2.27. The largest absolute Gasteiger partial charge is 0.491 e. The lowest BCUT2D eigenvalue weighted by atomic mass is 10.2. The van der Waals surface area contributed by atoms with E-state index in [1.807, 2.05) is 6.07 Å². The maximum absolute atomic E-state index is 11.1. The van der Waals surface area contributed by atoms with Crippen LogP contribution in [0.3, 0.4) is 0 Å². The predicted molar refractivity (Wildman–Crippen MR) is 84.0 cm³/mol. The van der Waals surface area contributed by atoms with E-state index in [2.05, 4.69) is 18.8 Å². The molecular formula is C15H18N2O3S. The average molecular weight is 306 g/mol. The van der Waals surface area contributed by atoms with Gasteiger partial charge in [0.05, 0.1) is 18.0 Å². The van der Waals surface area contributed by atoms with E-state index in [0.717, 1.165) is 16.9 Å². The maximum Gasteiger partial charge on any atom is 0.347 e. The fourth-order valence-electron chi connectivity index (χ4n) is 1.79. The molecule has 0 amide bonds. The van der Waals surface area contributed by atoms with Crippen molar-refractivity contribution in [2.75, 3.05) is 12.3 Å². The molecular weight excluding hydrogens is 288 g/mol. The Morgan fingerprint density at radius 2 is 2.19 bits per heavy atom. The smallest absolute Gasteiger partial charge is 0.347 e. The Bertz CT molecular complexity index is 665. The van der Waals surface area contributed by atoms with Crippen LogP contribution in [0.25, 0.3) is 10.6 Å². The number of anilines is 1. The lowest BCUT2D eigenvalue weighted by Gasteiger charge is -2.11. The van der Waals surface area contributed by atoms with Gasteiger partial charge < -0.3 is 15.6 Å². The van der Waals surface area contributed by atoms with Crippen LogP contribution < -0.4 is 10.5 Å². The zero-order valence-electron chi connectivity index (χ0n) is 12.2. The number of hydrogen-bond acceptors (Lipinski definition) is 5. The molecule has 2 rings (SSSR count). The molecule has 21 heavy (non-hydrogen) atoms. The highest BCUT2D eigenvalue weighted by Crippen LogP contribution is 2.32. The van der Waals surface area contributed by atoms with Gasteiger partial charge in [0.25, 0.3) is 0 Å². The number of nitrogen functional groups attached to an aromatic ring is 1. The fraction of sp³-hybridized carbons (Fsp3) is 0.333. The van der Waals surface area contributed by atoms with Gasteiger partial charge in [-0.25, -0.2) is 9.78 Å². The average Bonchev–Trinajstić information content (AvgIpc) is 2.79. The molecule has 0 aliphatic heterocycles. The Kier molecular flexibility index (Phi) is 4.47. The van der Waals surface area contributed by atoms with Crippen LogP contribution in [0.1, 0.15) is 29.2 Å². The van der Waals surface area contributed by atoms with E-state index < -0.39 is 5.97 Å². The molecule has 1 heterocycles. The van der Waals surface area contributed by atoms with Gasteiger partial charge in [-0.3, -0.25) is 0 Å². The standard InChI is InChI=1S/C15H18N2O3S/c1-8(2)7-20-12-5-4-10(6-11(12)16)14-17-9(3)13(21-14)15(18)19/h4-6,8H,7,16H2,1-3H3,(H,18,19). The number of carbonyl (C=O) groups is 1. The van der Waals surface area contributed by atoms with Gasteiger partial charge in [0.15, 0.2) is 0 Å². The topological polar surface area (TPSA) is 85.4 Å². The third-order valence-corrected chi connectivity index (χ3v) is 4.01. The van der Waals surface area contributed by atoms with Crippen molar-refractivity contribution in [3.63, 3.8) is 0 Å². The molecule has 0 atom stereocenters. The van der Waals surface area contributed by atoms with E-state index in [1.54, 1.807) is 19.1 Å². The number of ether oxygens (including phenoxy) is 1. The van der Waals surface area contributed by atoms with Gasteiger partial charge >= 0.3 is 5.97 Å². The maximum atomic E-state index is 11.1. The number of aromatic nitrogens is 1. The number of rotatable bonds is 5. The number of nitrogens with zero attached hydrogens (tertiary/aromatic N) is 1. The predicted octanol–water partition coefficient (Wildman–Crippen LogP) is 3.43. The minimum absolute atomic E-state index is 0.253. The molecule has 6 heteroatoms. The summed E-state index contributed by atoms with van der Waals surface area (Å²) in [5.41, 5.74) is 7.82. The van der Waals surface area contributed by atoms with Crippen molar-refractivity contribution in [3.05, 3.63) is 28.8 Å². The zero-order valence-corrected chi connectivity index (χ0v) is 13.0. The number of carboxylic acid groups (broad SMARTS) is 1. The SMILES string of the molecule is Cc1nc(-c2ccc(OCC(C)C)c(N)c2)sc1C(=O)O. The van der Waals surface area contributed by atoms with Crippen LogP contribution in [-0.4, -0.2) is 22.7 Å². The van der Waals surface area contributed by atoms with Crippen molar-refractivity contribution in [2.45, 2.75) is 20.8 Å².